The molecule has 0 bridgehead atoms. The van der Waals surface area contributed by atoms with Gasteiger partial charge in [0.15, 0.2) is 0 Å². The van der Waals surface area contributed by atoms with Gasteiger partial charge in [-0.2, -0.15) is 0 Å². The van der Waals surface area contributed by atoms with E-state index in [-0.39, 0.29) is 5.56 Å². The highest BCUT2D eigenvalue weighted by Crippen LogP contribution is 2.21. The van der Waals surface area contributed by atoms with Gasteiger partial charge in [-0.15, -0.1) is 0 Å². The molecule has 0 spiro atoms. The molecule has 0 unspecified atom stereocenters. The Labute approximate surface area is 136 Å². The molecule has 3 N–H and O–H groups in total. The Kier molecular flexibility index (Phi) is 5.13. The Morgan fingerprint density at radius 3 is 2.52 bits per heavy atom. The Balaban J connectivity index is 1.54. The second-order valence-corrected chi connectivity index (χ2v) is 6.51. The molecule has 0 atom stereocenters. The number of nitrogens with two attached hydrogens (primary N) is 1. The standard InChI is InChI=1S/C17H25FN4O/c18-16-11-14(1-2-15(16)17(19)23)22-9-7-21(8-10-22)12-13-3-5-20-6-4-13/h1-2,11,13,20H,3-10,12H2,(H2,19,23). The number of benzene rings is 1. The van der Waals surface area contributed by atoms with Crippen LogP contribution in [0.15, 0.2) is 18.2 Å². The Hall–Kier alpha value is -1.66. The molecule has 0 aromatic heterocycles. The second-order valence-electron chi connectivity index (χ2n) is 6.51. The summed E-state index contributed by atoms with van der Waals surface area (Å²) in [4.78, 5) is 15.8. The van der Waals surface area contributed by atoms with Crippen molar-refractivity contribution in [2.45, 2.75) is 12.8 Å². The smallest absolute Gasteiger partial charge is 0.251 e. The van der Waals surface area contributed by atoms with Crippen molar-refractivity contribution in [2.75, 3.05) is 50.7 Å². The van der Waals surface area contributed by atoms with E-state index in [0.29, 0.717) is 0 Å². The molecule has 0 aliphatic carbocycles. The first-order valence-corrected chi connectivity index (χ1v) is 8.41. The number of piperazine rings is 1. The summed E-state index contributed by atoms with van der Waals surface area (Å²) in [5.41, 5.74) is 5.93. The van der Waals surface area contributed by atoms with E-state index in [2.05, 4.69) is 15.1 Å². The van der Waals surface area contributed by atoms with E-state index in [1.807, 2.05) is 0 Å². The molecule has 2 aliphatic heterocycles. The number of hydrogen-bond acceptors (Lipinski definition) is 4. The van der Waals surface area contributed by atoms with Gasteiger partial charge in [-0.3, -0.25) is 9.69 Å². The average molecular weight is 320 g/mol. The summed E-state index contributed by atoms with van der Waals surface area (Å²) in [6.45, 7) is 7.23. The first-order valence-electron chi connectivity index (χ1n) is 8.41. The maximum absolute atomic E-state index is 13.9. The number of carbonyl (C=O) groups is 1. The molecule has 126 valence electrons. The molecule has 0 radical (unpaired) electrons. The van der Waals surface area contributed by atoms with Crippen molar-refractivity contribution in [3.63, 3.8) is 0 Å². The van der Waals surface area contributed by atoms with Gasteiger partial charge in [0, 0.05) is 38.4 Å². The molecule has 6 heteroatoms. The van der Waals surface area contributed by atoms with Gasteiger partial charge in [-0.1, -0.05) is 0 Å². The fourth-order valence-electron chi connectivity index (χ4n) is 3.52. The number of rotatable bonds is 4. The lowest BCUT2D eigenvalue weighted by atomic mass is 9.97. The predicted molar refractivity (Wildman–Crippen MR) is 89.2 cm³/mol. The van der Waals surface area contributed by atoms with Crippen LogP contribution >= 0.6 is 0 Å². The number of nitrogens with zero attached hydrogens (tertiary/aromatic N) is 2. The van der Waals surface area contributed by atoms with Gasteiger partial charge >= 0.3 is 0 Å². The number of primary amides is 1. The van der Waals surface area contributed by atoms with Crippen molar-refractivity contribution in [2.24, 2.45) is 11.7 Å². The third kappa shape index (κ3) is 4.00. The van der Waals surface area contributed by atoms with Crippen molar-refractivity contribution in [3.05, 3.63) is 29.6 Å². The van der Waals surface area contributed by atoms with Crippen molar-refractivity contribution < 1.29 is 9.18 Å². The van der Waals surface area contributed by atoms with E-state index in [4.69, 9.17) is 5.73 Å². The number of halogens is 1. The van der Waals surface area contributed by atoms with Crippen LogP contribution in [0.25, 0.3) is 0 Å². The summed E-state index contributed by atoms with van der Waals surface area (Å²) in [6, 6.07) is 4.68. The molecule has 1 amide bonds. The van der Waals surface area contributed by atoms with Crippen LogP contribution in [0.1, 0.15) is 23.2 Å². The largest absolute Gasteiger partial charge is 0.369 e. The van der Waals surface area contributed by atoms with E-state index < -0.39 is 11.7 Å². The van der Waals surface area contributed by atoms with Crippen LogP contribution in [0.5, 0.6) is 0 Å². The van der Waals surface area contributed by atoms with Crippen LogP contribution in [-0.4, -0.2) is 56.6 Å². The number of anilines is 1. The number of amides is 1. The molecular formula is C17H25FN4O. The zero-order valence-electron chi connectivity index (χ0n) is 13.4. The molecule has 2 saturated heterocycles. The van der Waals surface area contributed by atoms with Gasteiger partial charge < -0.3 is 16.0 Å². The van der Waals surface area contributed by atoms with Crippen LogP contribution in [0.3, 0.4) is 0 Å². The molecule has 2 aliphatic rings. The molecule has 23 heavy (non-hydrogen) atoms. The topological polar surface area (TPSA) is 61.6 Å². The zero-order valence-corrected chi connectivity index (χ0v) is 13.4. The zero-order chi connectivity index (χ0) is 16.2. The number of hydrogen-bond donors (Lipinski definition) is 2. The summed E-state index contributed by atoms with van der Waals surface area (Å²) in [7, 11) is 0. The van der Waals surface area contributed by atoms with E-state index in [0.717, 1.165) is 50.9 Å². The highest BCUT2D eigenvalue weighted by atomic mass is 19.1. The lowest BCUT2D eigenvalue weighted by molar-refractivity contribution is 0.0996. The minimum absolute atomic E-state index is 0.0432. The van der Waals surface area contributed by atoms with Crippen molar-refractivity contribution in [1.82, 2.24) is 10.2 Å². The van der Waals surface area contributed by atoms with E-state index >= 15 is 0 Å². The normalized spacial score (nSPS) is 20.7. The van der Waals surface area contributed by atoms with Crippen molar-refractivity contribution in [1.29, 1.82) is 0 Å². The van der Waals surface area contributed by atoms with Crippen molar-refractivity contribution >= 4 is 11.6 Å². The monoisotopic (exact) mass is 320 g/mol. The van der Waals surface area contributed by atoms with Crippen LogP contribution in [-0.2, 0) is 0 Å². The summed E-state index contributed by atoms with van der Waals surface area (Å²) in [5, 5.41) is 3.40. The molecule has 1 aromatic rings. The summed E-state index contributed by atoms with van der Waals surface area (Å²) in [6.07, 6.45) is 2.53. The molecule has 2 heterocycles. The Morgan fingerprint density at radius 1 is 1.22 bits per heavy atom. The SMILES string of the molecule is NC(=O)c1ccc(N2CCN(CC3CCNCC3)CC2)cc1F. The third-order valence-corrected chi connectivity index (χ3v) is 4.93. The van der Waals surface area contributed by atoms with Gasteiger partial charge in [0.1, 0.15) is 5.82 Å². The maximum atomic E-state index is 13.9. The summed E-state index contributed by atoms with van der Waals surface area (Å²) >= 11 is 0. The number of carbonyl (C=O) groups excluding carboxylic acids is 1. The van der Waals surface area contributed by atoms with Gasteiger partial charge in [0.05, 0.1) is 5.56 Å². The van der Waals surface area contributed by atoms with Gasteiger partial charge in [-0.25, -0.2) is 4.39 Å². The second kappa shape index (κ2) is 7.27. The highest BCUT2D eigenvalue weighted by molar-refractivity contribution is 5.93. The van der Waals surface area contributed by atoms with Gasteiger partial charge in [0.2, 0.25) is 0 Å². The van der Waals surface area contributed by atoms with Crippen LogP contribution in [0.2, 0.25) is 0 Å². The van der Waals surface area contributed by atoms with Gasteiger partial charge in [0.25, 0.3) is 5.91 Å². The Bertz CT molecular complexity index is 552. The maximum Gasteiger partial charge on any atom is 0.251 e. The van der Waals surface area contributed by atoms with Crippen LogP contribution in [0, 0.1) is 11.7 Å². The minimum atomic E-state index is -0.721. The van der Waals surface area contributed by atoms with Gasteiger partial charge in [-0.05, 0) is 50.0 Å². The lowest BCUT2D eigenvalue weighted by Gasteiger charge is -2.38. The first-order chi connectivity index (χ1) is 11.1. The molecular weight excluding hydrogens is 295 g/mol. The van der Waals surface area contributed by atoms with E-state index in [9.17, 15) is 9.18 Å². The fourth-order valence-corrected chi connectivity index (χ4v) is 3.52. The average Bonchev–Trinajstić information content (AvgIpc) is 2.56. The minimum Gasteiger partial charge on any atom is -0.369 e. The van der Waals surface area contributed by atoms with E-state index in [1.54, 1.807) is 6.07 Å². The molecule has 5 nitrogen and oxygen atoms in total. The quantitative estimate of drug-likeness (QED) is 0.870. The summed E-state index contributed by atoms with van der Waals surface area (Å²) in [5.74, 6) is -0.455. The molecule has 3 rings (SSSR count). The van der Waals surface area contributed by atoms with E-state index in [1.165, 1.54) is 31.5 Å². The fraction of sp³-hybridized carbons (Fsp3) is 0.588. The highest BCUT2D eigenvalue weighted by Gasteiger charge is 2.22. The van der Waals surface area contributed by atoms with Crippen molar-refractivity contribution in [3.8, 4) is 0 Å². The first kappa shape index (κ1) is 16.2. The Morgan fingerprint density at radius 2 is 1.91 bits per heavy atom. The van der Waals surface area contributed by atoms with Crippen LogP contribution < -0.4 is 16.0 Å². The lowest BCUT2D eigenvalue weighted by Crippen LogP contribution is -2.48. The molecule has 2 fully saturated rings. The predicted octanol–water partition coefficient (Wildman–Crippen LogP) is 1.05. The molecule has 0 saturated carbocycles. The number of nitrogens with one attached hydrogen (secondary N) is 1. The van der Waals surface area contributed by atoms with Crippen LogP contribution in [0.4, 0.5) is 10.1 Å². The third-order valence-electron chi connectivity index (χ3n) is 4.93. The molecule has 1 aromatic carbocycles. The number of piperidine rings is 1. The summed E-state index contributed by atoms with van der Waals surface area (Å²) < 4.78 is 13.9.